The molecule has 3 heterocycles. The van der Waals surface area contributed by atoms with E-state index in [4.69, 9.17) is 0 Å². The van der Waals surface area contributed by atoms with Gasteiger partial charge in [-0.3, -0.25) is 4.79 Å². The first-order valence-corrected chi connectivity index (χ1v) is 16.9. The van der Waals surface area contributed by atoms with E-state index in [1.165, 1.54) is 16.8 Å². The topological polar surface area (TPSA) is 43.8 Å². The molecule has 6 nitrogen and oxygen atoms in total. The Bertz CT molecular complexity index is 1750. The number of aromatic nitrogens is 1. The molecule has 2 aliphatic rings. The van der Waals surface area contributed by atoms with Gasteiger partial charge in [-0.05, 0) is 67.8 Å². The Morgan fingerprint density at radius 1 is 0.702 bits per heavy atom. The van der Waals surface area contributed by atoms with Crippen LogP contribution < -0.4 is 10.2 Å². The standard InChI is InChI=1S/C41H45N5O/c1-32-27-38(39(35-17-10-5-11-18-35)46(32)37-20-12-19-36(28-37)44-25-23-43(2)24-26-44)40(47)45-22-21-42-31-41(45,29-33-13-6-3-7-14-33)30-34-15-8-4-9-16-34/h3-20,27-28,42H,21-26,29-31H2,1-2H3. The third-order valence-electron chi connectivity index (χ3n) is 9.95. The van der Waals surface area contributed by atoms with E-state index in [-0.39, 0.29) is 5.91 Å². The minimum atomic E-state index is -0.427. The number of hydrogen-bond donors (Lipinski definition) is 1. The van der Waals surface area contributed by atoms with Gasteiger partial charge in [-0.15, -0.1) is 0 Å². The highest BCUT2D eigenvalue weighted by Crippen LogP contribution is 2.36. The zero-order valence-electron chi connectivity index (χ0n) is 27.6. The van der Waals surface area contributed by atoms with Crippen LogP contribution in [-0.2, 0) is 12.8 Å². The number of amides is 1. The normalized spacial score (nSPS) is 16.7. The molecule has 2 fully saturated rings. The fourth-order valence-corrected chi connectivity index (χ4v) is 7.55. The number of likely N-dealkylation sites (N-methyl/N-ethyl adjacent to an activating group) is 1. The molecule has 7 rings (SSSR count). The first kappa shape index (κ1) is 31.0. The highest BCUT2D eigenvalue weighted by molar-refractivity contribution is 6.01. The molecule has 6 heteroatoms. The van der Waals surface area contributed by atoms with Gasteiger partial charge in [0.05, 0.1) is 16.8 Å². The first-order valence-electron chi connectivity index (χ1n) is 16.9. The summed E-state index contributed by atoms with van der Waals surface area (Å²) in [6.45, 7) is 8.40. The second-order valence-electron chi connectivity index (χ2n) is 13.2. The number of aryl methyl sites for hydroxylation is 1. The maximum absolute atomic E-state index is 15.2. The van der Waals surface area contributed by atoms with Gasteiger partial charge >= 0.3 is 0 Å². The predicted molar refractivity (Wildman–Crippen MR) is 193 cm³/mol. The number of benzene rings is 4. The number of carbonyl (C=O) groups is 1. The Labute approximate surface area is 279 Å². The van der Waals surface area contributed by atoms with Gasteiger partial charge in [0.15, 0.2) is 0 Å². The lowest BCUT2D eigenvalue weighted by molar-refractivity contribution is 0.0369. The van der Waals surface area contributed by atoms with Gasteiger partial charge in [0.25, 0.3) is 5.91 Å². The Hall–Kier alpha value is -4.65. The summed E-state index contributed by atoms with van der Waals surface area (Å²) in [6, 6.07) is 42.6. The van der Waals surface area contributed by atoms with E-state index in [1.807, 2.05) is 6.07 Å². The minimum Gasteiger partial charge on any atom is -0.369 e. The highest BCUT2D eigenvalue weighted by atomic mass is 16.2. The number of nitrogens with zero attached hydrogens (tertiary/aromatic N) is 4. The zero-order chi connectivity index (χ0) is 32.2. The molecule has 4 aromatic carbocycles. The molecule has 1 amide bonds. The predicted octanol–water partition coefficient (Wildman–Crippen LogP) is 6.47. The maximum atomic E-state index is 15.2. The van der Waals surface area contributed by atoms with E-state index >= 15 is 4.79 Å². The van der Waals surface area contributed by atoms with Crippen molar-refractivity contribution in [2.45, 2.75) is 25.3 Å². The van der Waals surface area contributed by atoms with E-state index < -0.39 is 5.54 Å². The summed E-state index contributed by atoms with van der Waals surface area (Å²) in [4.78, 5) is 22.2. The second-order valence-corrected chi connectivity index (χ2v) is 13.2. The van der Waals surface area contributed by atoms with Crippen molar-refractivity contribution in [3.8, 4) is 16.9 Å². The minimum absolute atomic E-state index is 0.0919. The molecule has 240 valence electrons. The average Bonchev–Trinajstić information content (AvgIpc) is 3.46. The van der Waals surface area contributed by atoms with Gasteiger partial charge < -0.3 is 24.6 Å². The maximum Gasteiger partial charge on any atom is 0.256 e. The molecule has 0 spiro atoms. The number of nitrogens with one attached hydrogen (secondary N) is 1. The molecule has 2 saturated heterocycles. The SMILES string of the molecule is Cc1cc(C(=O)N2CCNCC2(Cc2ccccc2)Cc2ccccc2)c(-c2ccccc2)n1-c1cccc(N2CCN(C)CC2)c1. The molecule has 2 aliphatic heterocycles. The van der Waals surface area contributed by atoms with Crippen molar-refractivity contribution in [1.29, 1.82) is 0 Å². The number of piperazine rings is 2. The van der Waals surface area contributed by atoms with E-state index in [9.17, 15) is 0 Å². The fraction of sp³-hybridized carbons (Fsp3) is 0.293. The van der Waals surface area contributed by atoms with Gasteiger partial charge in [0.1, 0.15) is 0 Å². The van der Waals surface area contributed by atoms with Crippen LogP contribution in [0.2, 0.25) is 0 Å². The van der Waals surface area contributed by atoms with Crippen molar-refractivity contribution in [2.75, 3.05) is 57.8 Å². The number of anilines is 1. The fourth-order valence-electron chi connectivity index (χ4n) is 7.55. The van der Waals surface area contributed by atoms with E-state index in [1.54, 1.807) is 0 Å². The molecular weight excluding hydrogens is 578 g/mol. The van der Waals surface area contributed by atoms with Crippen LogP contribution in [0.25, 0.3) is 16.9 Å². The molecule has 0 aliphatic carbocycles. The lowest BCUT2D eigenvalue weighted by Crippen LogP contribution is -2.65. The smallest absolute Gasteiger partial charge is 0.256 e. The van der Waals surface area contributed by atoms with Crippen LogP contribution >= 0.6 is 0 Å². The molecule has 0 unspecified atom stereocenters. The summed E-state index contributed by atoms with van der Waals surface area (Å²) >= 11 is 0. The quantitative estimate of drug-likeness (QED) is 0.215. The van der Waals surface area contributed by atoms with Gasteiger partial charge in [-0.2, -0.15) is 0 Å². The van der Waals surface area contributed by atoms with Crippen molar-refractivity contribution < 1.29 is 4.79 Å². The largest absolute Gasteiger partial charge is 0.369 e. The summed E-state index contributed by atoms with van der Waals surface area (Å²) in [5.74, 6) is 0.0919. The van der Waals surface area contributed by atoms with Crippen molar-refractivity contribution in [3.63, 3.8) is 0 Å². The lowest BCUT2D eigenvalue weighted by atomic mass is 9.81. The van der Waals surface area contributed by atoms with E-state index in [0.29, 0.717) is 6.54 Å². The second kappa shape index (κ2) is 13.6. The third-order valence-corrected chi connectivity index (χ3v) is 9.95. The number of hydrogen-bond acceptors (Lipinski definition) is 4. The molecule has 0 saturated carbocycles. The van der Waals surface area contributed by atoms with Crippen molar-refractivity contribution in [3.05, 3.63) is 144 Å². The molecule has 1 aromatic heterocycles. The van der Waals surface area contributed by atoms with Crippen molar-refractivity contribution in [1.82, 2.24) is 19.7 Å². The van der Waals surface area contributed by atoms with Crippen LogP contribution in [0.4, 0.5) is 5.69 Å². The zero-order valence-corrected chi connectivity index (χ0v) is 27.6. The van der Waals surface area contributed by atoms with Crippen LogP contribution in [0.1, 0.15) is 27.2 Å². The van der Waals surface area contributed by atoms with E-state index in [2.05, 4.69) is 154 Å². The molecule has 5 aromatic rings. The molecule has 47 heavy (non-hydrogen) atoms. The van der Waals surface area contributed by atoms with Crippen LogP contribution in [0.5, 0.6) is 0 Å². The van der Waals surface area contributed by atoms with Gasteiger partial charge in [-0.25, -0.2) is 0 Å². The van der Waals surface area contributed by atoms with Crippen molar-refractivity contribution >= 4 is 11.6 Å². The molecule has 1 N–H and O–H groups in total. The van der Waals surface area contributed by atoms with Crippen LogP contribution in [0, 0.1) is 6.92 Å². The molecule has 0 bridgehead atoms. The molecular formula is C41H45N5O. The van der Waals surface area contributed by atoms with E-state index in [0.717, 1.165) is 80.3 Å². The third kappa shape index (κ3) is 6.49. The summed E-state index contributed by atoms with van der Waals surface area (Å²) in [7, 11) is 2.19. The first-order chi connectivity index (χ1) is 23.0. The number of carbonyl (C=O) groups excluding carboxylic acids is 1. The Morgan fingerprint density at radius 2 is 1.30 bits per heavy atom. The average molecular weight is 624 g/mol. The summed E-state index contributed by atoms with van der Waals surface area (Å²) in [5, 5.41) is 3.67. The van der Waals surface area contributed by atoms with Gasteiger partial charge in [0, 0.05) is 62.9 Å². The summed E-state index contributed by atoms with van der Waals surface area (Å²) in [5.41, 5.74) is 8.16. The monoisotopic (exact) mass is 623 g/mol. The molecule has 0 atom stereocenters. The van der Waals surface area contributed by atoms with Gasteiger partial charge in [0.2, 0.25) is 0 Å². The highest BCUT2D eigenvalue weighted by Gasteiger charge is 2.43. The van der Waals surface area contributed by atoms with Crippen molar-refractivity contribution in [2.24, 2.45) is 0 Å². The van der Waals surface area contributed by atoms with Crippen LogP contribution in [0.3, 0.4) is 0 Å². The van der Waals surface area contributed by atoms with Crippen LogP contribution in [0.15, 0.2) is 121 Å². The van der Waals surface area contributed by atoms with Gasteiger partial charge in [-0.1, -0.05) is 97.1 Å². The van der Waals surface area contributed by atoms with Crippen LogP contribution in [-0.4, -0.2) is 78.7 Å². The Balaban J connectivity index is 1.33. The molecule has 0 radical (unpaired) electrons. The summed E-state index contributed by atoms with van der Waals surface area (Å²) < 4.78 is 2.29. The summed E-state index contributed by atoms with van der Waals surface area (Å²) in [6.07, 6.45) is 1.55. The Morgan fingerprint density at radius 3 is 1.94 bits per heavy atom. The number of rotatable bonds is 8. The lowest BCUT2D eigenvalue weighted by Gasteiger charge is -2.48. The Kier molecular flexibility index (Phi) is 8.96.